The largest absolute Gasteiger partial charge is 0.573 e. The number of hydrogen-bond acceptors (Lipinski definition) is 6. The molecule has 1 amide bonds. The van der Waals surface area contributed by atoms with Crippen LogP contribution in [0.25, 0.3) is 0 Å². The van der Waals surface area contributed by atoms with Crippen LogP contribution in [0.4, 0.5) is 19.1 Å². The molecule has 1 saturated carbocycles. The number of nitrogens with zero attached hydrogens (tertiary/aromatic N) is 4. The first kappa shape index (κ1) is 22.3. The lowest BCUT2D eigenvalue weighted by Crippen LogP contribution is -2.47. The van der Waals surface area contributed by atoms with Crippen LogP contribution in [0.5, 0.6) is 5.75 Å². The van der Waals surface area contributed by atoms with Gasteiger partial charge in [-0.25, -0.2) is 9.97 Å². The highest BCUT2D eigenvalue weighted by molar-refractivity contribution is 5.93. The third kappa shape index (κ3) is 5.87. The van der Waals surface area contributed by atoms with Crippen LogP contribution < -0.4 is 10.1 Å². The molecule has 1 aliphatic heterocycles. The molecular formula is C22H26F3N5O2. The van der Waals surface area contributed by atoms with Crippen LogP contribution in [-0.4, -0.2) is 58.3 Å². The summed E-state index contributed by atoms with van der Waals surface area (Å²) in [6.45, 7) is 5.47. The number of hydrogen-bond donors (Lipinski definition) is 1. The maximum absolute atomic E-state index is 12.7. The molecule has 32 heavy (non-hydrogen) atoms. The van der Waals surface area contributed by atoms with E-state index in [1.165, 1.54) is 24.5 Å². The van der Waals surface area contributed by atoms with Crippen molar-refractivity contribution in [2.24, 2.45) is 0 Å². The number of carbonyl (C=O) groups is 1. The Labute approximate surface area is 184 Å². The molecule has 10 heteroatoms. The fourth-order valence-electron chi connectivity index (χ4n) is 3.82. The molecule has 172 valence electrons. The molecule has 1 aliphatic carbocycles. The van der Waals surface area contributed by atoms with Crippen molar-refractivity contribution in [3.05, 3.63) is 47.3 Å². The van der Waals surface area contributed by atoms with E-state index in [2.05, 4.69) is 31.8 Å². The van der Waals surface area contributed by atoms with Gasteiger partial charge in [0.05, 0.1) is 12.2 Å². The van der Waals surface area contributed by atoms with Crippen molar-refractivity contribution >= 4 is 11.9 Å². The minimum Gasteiger partial charge on any atom is -0.406 e. The van der Waals surface area contributed by atoms with Gasteiger partial charge in [-0.2, -0.15) is 0 Å². The zero-order valence-corrected chi connectivity index (χ0v) is 17.9. The molecule has 1 saturated heterocycles. The van der Waals surface area contributed by atoms with E-state index in [-0.39, 0.29) is 24.1 Å². The second-order valence-corrected chi connectivity index (χ2v) is 8.16. The van der Waals surface area contributed by atoms with Gasteiger partial charge in [-0.05, 0) is 55.0 Å². The lowest BCUT2D eigenvalue weighted by Gasteiger charge is -2.34. The molecule has 1 N–H and O–H groups in total. The summed E-state index contributed by atoms with van der Waals surface area (Å²) in [5.41, 5.74) is 1.89. The maximum atomic E-state index is 12.7. The quantitative estimate of drug-likeness (QED) is 0.689. The Morgan fingerprint density at radius 1 is 1.19 bits per heavy atom. The summed E-state index contributed by atoms with van der Waals surface area (Å²) in [4.78, 5) is 25.1. The van der Waals surface area contributed by atoms with Crippen LogP contribution in [0.1, 0.15) is 53.6 Å². The van der Waals surface area contributed by atoms with E-state index in [9.17, 15) is 18.0 Å². The predicted octanol–water partition coefficient (Wildman–Crippen LogP) is 3.99. The van der Waals surface area contributed by atoms with Gasteiger partial charge in [-0.1, -0.05) is 13.0 Å². The highest BCUT2D eigenvalue weighted by Gasteiger charge is 2.32. The first-order valence-electron chi connectivity index (χ1n) is 10.8. The smallest absolute Gasteiger partial charge is 0.406 e. The lowest BCUT2D eigenvalue weighted by molar-refractivity contribution is -0.274. The van der Waals surface area contributed by atoms with Gasteiger partial charge in [0.25, 0.3) is 5.91 Å². The van der Waals surface area contributed by atoms with E-state index in [1.807, 2.05) is 6.07 Å². The summed E-state index contributed by atoms with van der Waals surface area (Å²) in [5, 5.41) is 3.01. The van der Waals surface area contributed by atoms with Gasteiger partial charge in [-0.15, -0.1) is 13.2 Å². The van der Waals surface area contributed by atoms with Gasteiger partial charge >= 0.3 is 6.36 Å². The summed E-state index contributed by atoms with van der Waals surface area (Å²) in [5.74, 6) is 0.250. The molecule has 4 rings (SSSR count). The zero-order chi connectivity index (χ0) is 22.7. The number of anilines is 1. The van der Waals surface area contributed by atoms with Crippen molar-refractivity contribution in [1.29, 1.82) is 0 Å². The van der Waals surface area contributed by atoms with Crippen LogP contribution >= 0.6 is 0 Å². The Morgan fingerprint density at radius 3 is 2.59 bits per heavy atom. The summed E-state index contributed by atoms with van der Waals surface area (Å²) in [6.07, 6.45) is 1.07. The number of aromatic nitrogens is 2. The number of rotatable bonds is 7. The summed E-state index contributed by atoms with van der Waals surface area (Å²) in [6, 6.07) is 4.69. The van der Waals surface area contributed by atoms with Gasteiger partial charge in [0, 0.05) is 32.0 Å². The van der Waals surface area contributed by atoms with Crippen LogP contribution in [0.2, 0.25) is 0 Å². The number of nitrogens with one attached hydrogen (secondary N) is 1. The number of alkyl halides is 3. The van der Waals surface area contributed by atoms with E-state index >= 15 is 0 Å². The molecule has 0 spiro atoms. The van der Waals surface area contributed by atoms with Crippen molar-refractivity contribution in [2.75, 3.05) is 31.6 Å². The Kier molecular flexibility index (Phi) is 6.50. The second kappa shape index (κ2) is 9.32. The minimum absolute atomic E-state index is 0.110. The van der Waals surface area contributed by atoms with Crippen LogP contribution in [0, 0.1) is 0 Å². The molecule has 2 aliphatic rings. The van der Waals surface area contributed by atoms with Crippen molar-refractivity contribution < 1.29 is 22.7 Å². The SMILES string of the molecule is CCN1CCCN(C(=O)c2cnc(NCc3cc(OC(F)(F)F)cc(C4CC4)c3)nc2)C1. The van der Waals surface area contributed by atoms with Crippen molar-refractivity contribution in [3.63, 3.8) is 0 Å². The first-order valence-corrected chi connectivity index (χ1v) is 10.8. The minimum atomic E-state index is -4.74. The third-order valence-corrected chi connectivity index (χ3v) is 5.63. The van der Waals surface area contributed by atoms with E-state index < -0.39 is 6.36 Å². The summed E-state index contributed by atoms with van der Waals surface area (Å²) in [7, 11) is 0. The monoisotopic (exact) mass is 449 g/mol. The third-order valence-electron chi connectivity index (χ3n) is 5.63. The topological polar surface area (TPSA) is 70.6 Å². The number of halogens is 3. The molecule has 7 nitrogen and oxygen atoms in total. The predicted molar refractivity (Wildman–Crippen MR) is 112 cm³/mol. The number of benzene rings is 1. The molecule has 2 fully saturated rings. The molecule has 0 radical (unpaired) electrons. The van der Waals surface area contributed by atoms with Crippen LogP contribution in [0.3, 0.4) is 0 Å². The highest BCUT2D eigenvalue weighted by atomic mass is 19.4. The molecule has 1 aromatic carbocycles. The maximum Gasteiger partial charge on any atom is 0.573 e. The first-order chi connectivity index (χ1) is 15.3. The van der Waals surface area contributed by atoms with E-state index in [0.717, 1.165) is 37.9 Å². The number of amides is 1. The Morgan fingerprint density at radius 2 is 1.94 bits per heavy atom. The van der Waals surface area contributed by atoms with E-state index in [0.29, 0.717) is 30.3 Å². The van der Waals surface area contributed by atoms with Crippen molar-refractivity contribution in [2.45, 2.75) is 45.0 Å². The van der Waals surface area contributed by atoms with E-state index in [4.69, 9.17) is 0 Å². The number of carbonyl (C=O) groups excluding carboxylic acids is 1. The van der Waals surface area contributed by atoms with Gasteiger partial charge in [0.2, 0.25) is 5.95 Å². The highest BCUT2D eigenvalue weighted by Crippen LogP contribution is 2.42. The normalized spacial score (nSPS) is 17.3. The summed E-state index contributed by atoms with van der Waals surface area (Å²) >= 11 is 0. The Balaban J connectivity index is 1.39. The Bertz CT molecular complexity index is 948. The van der Waals surface area contributed by atoms with Gasteiger partial charge < -0.3 is 15.0 Å². The van der Waals surface area contributed by atoms with E-state index in [1.54, 1.807) is 4.90 Å². The molecule has 0 unspecified atom stereocenters. The molecule has 1 aromatic heterocycles. The van der Waals surface area contributed by atoms with Crippen LogP contribution in [0.15, 0.2) is 30.6 Å². The second-order valence-electron chi connectivity index (χ2n) is 8.16. The standard InChI is InChI=1S/C22H26F3N5O2/c1-2-29-6-3-7-30(14-29)20(31)18-12-27-21(28-13-18)26-11-15-8-17(16-4-5-16)10-19(9-15)32-22(23,24)25/h8-10,12-13,16H,2-7,11,14H2,1H3,(H,26,27,28). The van der Waals surface area contributed by atoms with Gasteiger partial charge in [0.15, 0.2) is 0 Å². The molecule has 0 atom stereocenters. The Hall–Kier alpha value is -2.88. The summed E-state index contributed by atoms with van der Waals surface area (Å²) < 4.78 is 42.1. The average molecular weight is 449 g/mol. The fraction of sp³-hybridized carbons (Fsp3) is 0.500. The molecule has 2 heterocycles. The molecular weight excluding hydrogens is 423 g/mol. The van der Waals surface area contributed by atoms with Crippen LogP contribution in [-0.2, 0) is 6.54 Å². The molecule has 2 aromatic rings. The fourth-order valence-corrected chi connectivity index (χ4v) is 3.82. The molecule has 0 bridgehead atoms. The van der Waals surface area contributed by atoms with Gasteiger partial charge in [-0.3, -0.25) is 9.69 Å². The van der Waals surface area contributed by atoms with Crippen molar-refractivity contribution in [1.82, 2.24) is 19.8 Å². The van der Waals surface area contributed by atoms with Crippen molar-refractivity contribution in [3.8, 4) is 5.75 Å². The average Bonchev–Trinajstić information content (AvgIpc) is 3.62. The lowest BCUT2D eigenvalue weighted by atomic mass is 10.1. The number of ether oxygens (including phenoxy) is 1. The zero-order valence-electron chi connectivity index (χ0n) is 17.9. The van der Waals surface area contributed by atoms with Gasteiger partial charge in [0.1, 0.15) is 5.75 Å².